The van der Waals surface area contributed by atoms with Gasteiger partial charge in [-0.1, -0.05) is 30.3 Å². The summed E-state index contributed by atoms with van der Waals surface area (Å²) in [7, 11) is 1.45. The van der Waals surface area contributed by atoms with Crippen LogP contribution in [-0.4, -0.2) is 55.1 Å². The van der Waals surface area contributed by atoms with Gasteiger partial charge in [0.1, 0.15) is 6.54 Å². The molecule has 1 aliphatic rings. The molecule has 8 nitrogen and oxygen atoms in total. The van der Waals surface area contributed by atoms with Crippen LogP contribution in [0.5, 0.6) is 11.5 Å². The maximum Gasteiger partial charge on any atom is 0.273 e. The van der Waals surface area contributed by atoms with E-state index < -0.39 is 11.0 Å². The van der Waals surface area contributed by atoms with Crippen LogP contribution < -0.4 is 14.4 Å². The lowest BCUT2D eigenvalue weighted by atomic mass is 10.2. The zero-order chi connectivity index (χ0) is 20.8. The second kappa shape index (κ2) is 9.38. The molecule has 0 bridgehead atoms. The van der Waals surface area contributed by atoms with Crippen LogP contribution in [0.15, 0.2) is 48.5 Å². The molecule has 0 spiro atoms. The number of carbonyl (C=O) groups is 1. The predicted molar refractivity (Wildman–Crippen MR) is 107 cm³/mol. The van der Waals surface area contributed by atoms with Crippen molar-refractivity contribution in [2.45, 2.75) is 19.6 Å². The van der Waals surface area contributed by atoms with Crippen LogP contribution in [-0.2, 0) is 11.3 Å². The normalized spacial score (nSPS) is 15.6. The van der Waals surface area contributed by atoms with Crippen LogP contribution in [0.4, 0.5) is 5.69 Å². The van der Waals surface area contributed by atoms with E-state index in [0.29, 0.717) is 18.8 Å². The highest BCUT2D eigenvalue weighted by Crippen LogP contribution is 2.32. The first kappa shape index (κ1) is 20.6. The lowest BCUT2D eigenvalue weighted by Gasteiger charge is -2.33. The highest BCUT2D eigenvalue weighted by atomic mass is 16.6. The van der Waals surface area contributed by atoms with E-state index in [-0.39, 0.29) is 17.3 Å². The quantitative estimate of drug-likeness (QED) is 0.559. The fourth-order valence-electron chi connectivity index (χ4n) is 3.47. The molecule has 154 valence electrons. The molecule has 29 heavy (non-hydrogen) atoms. The maximum atomic E-state index is 12.8. The SMILES string of the molecule is COc1ccc([N+](=O)[O-])cc1O[C@@H](C)C(=O)N1CC[NH+](Cc2ccccc2)CC1. The minimum absolute atomic E-state index is 0.112. The first-order valence-corrected chi connectivity index (χ1v) is 9.63. The van der Waals surface area contributed by atoms with Crippen molar-refractivity contribution in [3.05, 3.63) is 64.2 Å². The molecule has 8 heteroatoms. The van der Waals surface area contributed by atoms with Gasteiger partial charge in [0.15, 0.2) is 17.6 Å². The molecule has 0 radical (unpaired) electrons. The molecule has 0 unspecified atom stereocenters. The van der Waals surface area contributed by atoms with Gasteiger partial charge < -0.3 is 19.3 Å². The fraction of sp³-hybridized carbons (Fsp3) is 0.381. The Morgan fingerprint density at radius 2 is 1.86 bits per heavy atom. The Balaban J connectivity index is 1.57. The summed E-state index contributed by atoms with van der Waals surface area (Å²) in [6.07, 6.45) is -0.762. The molecule has 1 aliphatic heterocycles. The van der Waals surface area contributed by atoms with Gasteiger partial charge in [-0.15, -0.1) is 0 Å². The topological polar surface area (TPSA) is 86.4 Å². The average molecular weight is 400 g/mol. The summed E-state index contributed by atoms with van der Waals surface area (Å²) in [6.45, 7) is 5.64. The third-order valence-electron chi connectivity index (χ3n) is 5.09. The van der Waals surface area contributed by atoms with Gasteiger partial charge in [0.2, 0.25) is 0 Å². The van der Waals surface area contributed by atoms with Crippen LogP contribution in [0.3, 0.4) is 0 Å². The summed E-state index contributed by atoms with van der Waals surface area (Å²) in [6, 6.07) is 14.4. The smallest absolute Gasteiger partial charge is 0.273 e. The van der Waals surface area contributed by atoms with Gasteiger partial charge in [-0.25, -0.2) is 0 Å². The number of non-ortho nitro benzene ring substituents is 1. The minimum atomic E-state index is -0.762. The largest absolute Gasteiger partial charge is 0.493 e. The molecule has 2 aromatic rings. The van der Waals surface area contributed by atoms with Gasteiger partial charge in [0.05, 0.1) is 44.3 Å². The number of piperazine rings is 1. The fourth-order valence-corrected chi connectivity index (χ4v) is 3.47. The molecule has 1 atom stereocenters. The number of methoxy groups -OCH3 is 1. The number of rotatable bonds is 7. The number of nitrogens with one attached hydrogen (secondary N) is 1. The molecule has 2 aromatic carbocycles. The number of nitro groups is 1. The Bertz CT molecular complexity index is 851. The van der Waals surface area contributed by atoms with Crippen molar-refractivity contribution in [1.82, 2.24) is 4.90 Å². The second-order valence-electron chi connectivity index (χ2n) is 7.09. The summed E-state index contributed by atoms with van der Waals surface area (Å²) >= 11 is 0. The highest BCUT2D eigenvalue weighted by molar-refractivity contribution is 5.81. The molecule has 1 fully saturated rings. The Morgan fingerprint density at radius 1 is 1.17 bits per heavy atom. The average Bonchev–Trinajstić information content (AvgIpc) is 2.74. The van der Waals surface area contributed by atoms with Crippen molar-refractivity contribution >= 4 is 11.6 Å². The second-order valence-corrected chi connectivity index (χ2v) is 7.09. The van der Waals surface area contributed by atoms with E-state index in [2.05, 4.69) is 12.1 Å². The van der Waals surface area contributed by atoms with Gasteiger partial charge in [-0.3, -0.25) is 14.9 Å². The van der Waals surface area contributed by atoms with Crippen molar-refractivity contribution in [2.75, 3.05) is 33.3 Å². The van der Waals surface area contributed by atoms with E-state index in [1.165, 1.54) is 35.8 Å². The predicted octanol–water partition coefficient (Wildman–Crippen LogP) is 1.30. The number of quaternary nitrogens is 1. The zero-order valence-corrected chi connectivity index (χ0v) is 16.7. The zero-order valence-electron chi connectivity index (χ0n) is 16.7. The van der Waals surface area contributed by atoms with Crippen molar-refractivity contribution in [3.8, 4) is 11.5 Å². The molecule has 0 aliphatic carbocycles. The number of hydrogen-bond acceptors (Lipinski definition) is 5. The van der Waals surface area contributed by atoms with Gasteiger partial charge >= 0.3 is 0 Å². The Hall–Kier alpha value is -3.13. The molecule has 1 saturated heterocycles. The molecule has 3 rings (SSSR count). The van der Waals surface area contributed by atoms with E-state index in [1.54, 1.807) is 11.8 Å². The third kappa shape index (κ3) is 5.23. The molecule has 1 heterocycles. The van der Waals surface area contributed by atoms with Gasteiger partial charge in [0, 0.05) is 11.6 Å². The highest BCUT2D eigenvalue weighted by Gasteiger charge is 2.28. The van der Waals surface area contributed by atoms with Crippen molar-refractivity contribution in [2.24, 2.45) is 0 Å². The van der Waals surface area contributed by atoms with Crippen LogP contribution in [0.2, 0.25) is 0 Å². The Morgan fingerprint density at radius 3 is 2.48 bits per heavy atom. The number of carbonyl (C=O) groups excluding carboxylic acids is 1. The van der Waals surface area contributed by atoms with Crippen LogP contribution in [0.25, 0.3) is 0 Å². The molecule has 0 aromatic heterocycles. The summed E-state index contributed by atoms with van der Waals surface area (Å²) in [5, 5.41) is 11.0. The Labute approximate surface area is 169 Å². The summed E-state index contributed by atoms with van der Waals surface area (Å²) < 4.78 is 10.9. The minimum Gasteiger partial charge on any atom is -0.493 e. The van der Waals surface area contributed by atoms with Crippen LogP contribution in [0, 0.1) is 10.1 Å². The standard InChI is InChI=1S/C21H25N3O5/c1-16(29-20-14-18(24(26)27)8-9-19(20)28-2)21(25)23-12-10-22(11-13-23)15-17-6-4-3-5-7-17/h3-9,14,16H,10-13,15H2,1-2H3/p+1/t16-/m0/s1. The summed E-state index contributed by atoms with van der Waals surface area (Å²) in [5.74, 6) is 0.417. The number of nitrogens with zero attached hydrogens (tertiary/aromatic N) is 2. The third-order valence-corrected chi connectivity index (χ3v) is 5.09. The molecule has 1 amide bonds. The number of benzene rings is 2. The molecule has 1 N–H and O–H groups in total. The lowest BCUT2D eigenvalue weighted by Crippen LogP contribution is -3.13. The number of hydrogen-bond donors (Lipinski definition) is 1. The van der Waals surface area contributed by atoms with Crippen LogP contribution >= 0.6 is 0 Å². The summed E-state index contributed by atoms with van der Waals surface area (Å²) in [5.41, 5.74) is 1.18. The van der Waals surface area contributed by atoms with E-state index >= 15 is 0 Å². The number of nitro benzene ring substituents is 1. The van der Waals surface area contributed by atoms with Crippen molar-refractivity contribution < 1.29 is 24.1 Å². The monoisotopic (exact) mass is 400 g/mol. The first-order valence-electron chi connectivity index (χ1n) is 9.63. The maximum absolute atomic E-state index is 12.8. The molecular weight excluding hydrogens is 374 g/mol. The van der Waals surface area contributed by atoms with E-state index in [9.17, 15) is 14.9 Å². The van der Waals surface area contributed by atoms with E-state index in [1.807, 2.05) is 18.2 Å². The van der Waals surface area contributed by atoms with Gasteiger partial charge in [-0.2, -0.15) is 0 Å². The van der Waals surface area contributed by atoms with E-state index in [0.717, 1.165) is 19.6 Å². The molecule has 0 saturated carbocycles. The van der Waals surface area contributed by atoms with Gasteiger partial charge in [0.25, 0.3) is 11.6 Å². The lowest BCUT2D eigenvalue weighted by molar-refractivity contribution is -0.917. The number of ether oxygens (including phenoxy) is 2. The van der Waals surface area contributed by atoms with Gasteiger partial charge in [-0.05, 0) is 13.0 Å². The Kier molecular flexibility index (Phi) is 6.66. The summed E-state index contributed by atoms with van der Waals surface area (Å²) in [4.78, 5) is 26.5. The van der Waals surface area contributed by atoms with E-state index in [4.69, 9.17) is 9.47 Å². The van der Waals surface area contributed by atoms with Crippen LogP contribution in [0.1, 0.15) is 12.5 Å². The van der Waals surface area contributed by atoms with Crippen molar-refractivity contribution in [3.63, 3.8) is 0 Å². The number of amides is 1. The molecular formula is C21H26N3O5+. The van der Waals surface area contributed by atoms with Crippen molar-refractivity contribution in [1.29, 1.82) is 0 Å². The first-order chi connectivity index (χ1) is 14.0.